The van der Waals surface area contributed by atoms with E-state index in [0.29, 0.717) is 31.1 Å². The minimum atomic E-state index is -0.0819. The van der Waals surface area contributed by atoms with E-state index in [1.165, 1.54) is 41.4 Å². The molecule has 0 unspecified atom stereocenters. The van der Waals surface area contributed by atoms with Crippen molar-refractivity contribution in [3.05, 3.63) is 46.9 Å². The maximum Gasteiger partial charge on any atom is 0.245 e. The molecule has 1 N–H and O–H groups in total. The van der Waals surface area contributed by atoms with Crippen LogP contribution in [0.25, 0.3) is 11.3 Å². The molecule has 0 radical (unpaired) electrons. The average Bonchev–Trinajstić information content (AvgIpc) is 3.32. The van der Waals surface area contributed by atoms with E-state index in [4.69, 9.17) is 4.98 Å². The topological polar surface area (TPSA) is 62.3 Å². The Labute approximate surface area is 169 Å². The summed E-state index contributed by atoms with van der Waals surface area (Å²) in [6.45, 7) is 6.77. The number of aryl methyl sites for hydroxylation is 3. The molecule has 0 bridgehead atoms. The third-order valence-electron chi connectivity index (χ3n) is 5.75. The second kappa shape index (κ2) is 7.87. The second-order valence-electron chi connectivity index (χ2n) is 7.55. The molecule has 0 atom stereocenters. The number of nitrogens with one attached hydrogen (secondary N) is 1. The maximum atomic E-state index is 12.7. The molecule has 2 aliphatic rings. The Hall–Kier alpha value is -2.47. The number of fused-ring (bicyclic) bond motifs is 1. The van der Waals surface area contributed by atoms with Gasteiger partial charge >= 0.3 is 0 Å². The number of aromatic nitrogens is 1. The van der Waals surface area contributed by atoms with Gasteiger partial charge in [0.25, 0.3) is 0 Å². The molecule has 1 aromatic carbocycles. The number of likely N-dealkylation sites (tertiary alicyclic amines) is 1. The van der Waals surface area contributed by atoms with E-state index >= 15 is 0 Å². The first kappa shape index (κ1) is 18.9. The monoisotopic (exact) mass is 395 g/mol. The van der Waals surface area contributed by atoms with E-state index in [-0.39, 0.29) is 17.7 Å². The van der Waals surface area contributed by atoms with Crippen LogP contribution in [-0.2, 0) is 22.4 Å². The molecule has 28 heavy (non-hydrogen) atoms. The van der Waals surface area contributed by atoms with Crippen molar-refractivity contribution in [3.63, 3.8) is 0 Å². The van der Waals surface area contributed by atoms with E-state index in [1.807, 2.05) is 0 Å². The number of amides is 2. The van der Waals surface area contributed by atoms with Crippen molar-refractivity contribution in [2.24, 2.45) is 5.92 Å². The third-order valence-corrected chi connectivity index (χ3v) is 6.64. The number of benzene rings is 1. The van der Waals surface area contributed by atoms with Crippen molar-refractivity contribution < 1.29 is 9.59 Å². The van der Waals surface area contributed by atoms with Crippen molar-refractivity contribution in [3.8, 4) is 11.3 Å². The molecule has 5 nitrogen and oxygen atoms in total. The summed E-state index contributed by atoms with van der Waals surface area (Å²) in [4.78, 5) is 31.9. The highest BCUT2D eigenvalue weighted by molar-refractivity contribution is 7.16. The van der Waals surface area contributed by atoms with Crippen LogP contribution in [0, 0.1) is 12.8 Å². The van der Waals surface area contributed by atoms with Crippen molar-refractivity contribution >= 4 is 28.3 Å². The smallest absolute Gasteiger partial charge is 0.245 e. The van der Waals surface area contributed by atoms with Crippen LogP contribution in [0.1, 0.15) is 35.3 Å². The zero-order valence-electron chi connectivity index (χ0n) is 16.2. The first-order valence-electron chi connectivity index (χ1n) is 9.87. The fourth-order valence-corrected chi connectivity index (χ4v) is 4.97. The van der Waals surface area contributed by atoms with Gasteiger partial charge in [0.05, 0.1) is 5.69 Å². The summed E-state index contributed by atoms with van der Waals surface area (Å²) < 4.78 is 0. The van der Waals surface area contributed by atoms with Crippen LogP contribution >= 0.6 is 11.3 Å². The molecule has 146 valence electrons. The highest BCUT2D eigenvalue weighted by Gasteiger charge is 2.27. The highest BCUT2D eigenvalue weighted by atomic mass is 32.1. The van der Waals surface area contributed by atoms with Crippen molar-refractivity contribution in [2.75, 3.05) is 18.4 Å². The van der Waals surface area contributed by atoms with E-state index < -0.39 is 0 Å². The lowest BCUT2D eigenvalue weighted by Gasteiger charge is -2.30. The minimum absolute atomic E-state index is 0.0000413. The Bertz CT molecular complexity index is 926. The van der Waals surface area contributed by atoms with Gasteiger partial charge in [0.1, 0.15) is 0 Å². The molecule has 2 aromatic rings. The predicted octanol–water partition coefficient (Wildman–Crippen LogP) is 3.97. The summed E-state index contributed by atoms with van der Waals surface area (Å²) in [6.07, 6.45) is 6.22. The number of nitrogens with zero attached hydrogens (tertiary/aromatic N) is 2. The zero-order valence-corrected chi connectivity index (χ0v) is 17.0. The molecule has 1 saturated heterocycles. The maximum absolute atomic E-state index is 12.7. The summed E-state index contributed by atoms with van der Waals surface area (Å²) in [7, 11) is 0. The molecule has 1 aliphatic carbocycles. The Kier molecular flexibility index (Phi) is 5.31. The average molecular weight is 396 g/mol. The minimum Gasteiger partial charge on any atom is -0.339 e. The van der Waals surface area contributed by atoms with Gasteiger partial charge in [-0.05, 0) is 62.3 Å². The number of rotatable bonds is 4. The molecule has 4 rings (SSSR count). The van der Waals surface area contributed by atoms with E-state index in [0.717, 1.165) is 22.6 Å². The van der Waals surface area contributed by atoms with Crippen molar-refractivity contribution in [1.82, 2.24) is 9.88 Å². The van der Waals surface area contributed by atoms with E-state index in [9.17, 15) is 9.59 Å². The van der Waals surface area contributed by atoms with Gasteiger partial charge in [0.2, 0.25) is 11.8 Å². The van der Waals surface area contributed by atoms with Gasteiger partial charge < -0.3 is 10.2 Å². The molecule has 2 heterocycles. The van der Waals surface area contributed by atoms with Gasteiger partial charge in [-0.1, -0.05) is 18.7 Å². The number of carbonyl (C=O) groups excluding carboxylic acids is 2. The number of hydrogen-bond donors (Lipinski definition) is 1. The summed E-state index contributed by atoms with van der Waals surface area (Å²) >= 11 is 1.52. The predicted molar refractivity (Wildman–Crippen MR) is 112 cm³/mol. The van der Waals surface area contributed by atoms with Crippen molar-refractivity contribution in [2.45, 2.75) is 39.0 Å². The highest BCUT2D eigenvalue weighted by Crippen LogP contribution is 2.34. The van der Waals surface area contributed by atoms with Gasteiger partial charge in [-0.15, -0.1) is 11.3 Å². The Morgan fingerprint density at radius 2 is 2.00 bits per heavy atom. The number of hydrogen-bond acceptors (Lipinski definition) is 4. The lowest BCUT2D eigenvalue weighted by molar-refractivity contribution is -0.130. The fourth-order valence-electron chi connectivity index (χ4n) is 4.14. The van der Waals surface area contributed by atoms with Crippen LogP contribution in [0.2, 0.25) is 0 Å². The SMILES string of the molecule is C=CC(=O)N1CCC(C(=O)Nc2nc(-c3ccc4c(c3)CCC4)c(C)s2)CC1. The van der Waals surface area contributed by atoms with Crippen LogP contribution in [0.5, 0.6) is 0 Å². The van der Waals surface area contributed by atoms with E-state index in [1.54, 1.807) is 4.90 Å². The second-order valence-corrected chi connectivity index (χ2v) is 8.76. The largest absolute Gasteiger partial charge is 0.339 e. The van der Waals surface area contributed by atoms with Crippen molar-refractivity contribution in [1.29, 1.82) is 0 Å². The number of piperidine rings is 1. The molecule has 2 amide bonds. The fraction of sp³-hybridized carbons (Fsp3) is 0.409. The van der Waals surface area contributed by atoms with Gasteiger partial charge in [0.15, 0.2) is 5.13 Å². The number of carbonyl (C=O) groups is 2. The first-order valence-corrected chi connectivity index (χ1v) is 10.7. The first-order chi connectivity index (χ1) is 13.5. The van der Waals surface area contributed by atoms with Gasteiger partial charge in [-0.25, -0.2) is 4.98 Å². The number of thiazole rings is 1. The van der Waals surface area contributed by atoms with Crippen LogP contribution in [-0.4, -0.2) is 34.8 Å². The molecule has 1 aliphatic heterocycles. The molecular weight excluding hydrogens is 370 g/mol. The van der Waals surface area contributed by atoms with Gasteiger partial charge in [0, 0.05) is 29.4 Å². The third kappa shape index (κ3) is 3.74. The van der Waals surface area contributed by atoms with Crippen LogP contribution in [0.15, 0.2) is 30.9 Å². The summed E-state index contributed by atoms with van der Waals surface area (Å²) in [5.41, 5.74) is 4.97. The summed E-state index contributed by atoms with van der Waals surface area (Å²) in [6, 6.07) is 6.61. The quantitative estimate of drug-likeness (QED) is 0.797. The van der Waals surface area contributed by atoms with Crippen LogP contribution in [0.3, 0.4) is 0 Å². The number of anilines is 1. The molecular formula is C22H25N3O2S. The van der Waals surface area contributed by atoms with Gasteiger partial charge in [-0.2, -0.15) is 0 Å². The Balaban J connectivity index is 1.42. The summed E-state index contributed by atoms with van der Waals surface area (Å²) in [5.74, 6) is -0.144. The lowest BCUT2D eigenvalue weighted by Crippen LogP contribution is -2.40. The molecule has 1 fully saturated rings. The zero-order chi connectivity index (χ0) is 19.7. The standard InChI is InChI=1S/C22H25N3O2S/c1-3-19(26)25-11-9-16(10-12-25)21(27)24-22-23-20(14(2)28-22)18-8-7-15-5-4-6-17(15)13-18/h3,7-8,13,16H,1,4-6,9-12H2,2H3,(H,23,24,27). The summed E-state index contributed by atoms with van der Waals surface area (Å²) in [5, 5.41) is 3.65. The normalized spacial score (nSPS) is 16.7. The molecule has 6 heteroatoms. The molecule has 0 spiro atoms. The van der Waals surface area contributed by atoms with Crippen LogP contribution < -0.4 is 5.32 Å². The molecule has 1 aromatic heterocycles. The van der Waals surface area contributed by atoms with Crippen LogP contribution in [0.4, 0.5) is 5.13 Å². The lowest BCUT2D eigenvalue weighted by atomic mass is 9.96. The van der Waals surface area contributed by atoms with Gasteiger partial charge in [-0.3, -0.25) is 9.59 Å². The molecule has 0 saturated carbocycles. The van der Waals surface area contributed by atoms with E-state index in [2.05, 4.69) is 37.0 Å². The Morgan fingerprint density at radius 3 is 2.75 bits per heavy atom. The Morgan fingerprint density at radius 1 is 1.25 bits per heavy atom.